The Morgan fingerprint density at radius 3 is 2.24 bits per heavy atom. The molecule has 2 aromatic heterocycles. The lowest BCUT2D eigenvalue weighted by molar-refractivity contribution is -0.137. The highest BCUT2D eigenvalue weighted by Crippen LogP contribution is 2.41. The van der Waals surface area contributed by atoms with Crippen molar-refractivity contribution in [1.29, 1.82) is 0 Å². The lowest BCUT2D eigenvalue weighted by Crippen LogP contribution is -2.62. The number of nitrogens with zero attached hydrogens (tertiary/aromatic N) is 8. The number of rotatable bonds is 20. The molecule has 2 atom stereocenters. The second-order valence-corrected chi connectivity index (χ2v) is 24.8. The molecule has 24 heteroatoms. The van der Waals surface area contributed by atoms with E-state index in [4.69, 9.17) is 19.2 Å². The van der Waals surface area contributed by atoms with Crippen molar-refractivity contribution in [3.05, 3.63) is 125 Å². The first kappa shape index (κ1) is 61.2. The van der Waals surface area contributed by atoms with Crippen molar-refractivity contribution in [1.82, 2.24) is 34.6 Å². The molecular weight excluding hydrogens is 1090 g/mol. The number of alkyl halides is 3. The molecule has 2 saturated heterocycles. The molecule has 442 valence electrons. The molecule has 5 aromatic rings. The molecule has 5 heterocycles. The minimum absolute atomic E-state index is 0.0346. The van der Waals surface area contributed by atoms with Gasteiger partial charge in [-0.05, 0) is 105 Å². The second kappa shape index (κ2) is 25.8. The van der Waals surface area contributed by atoms with Gasteiger partial charge in [0.25, 0.3) is 0 Å². The molecule has 2 fully saturated rings. The van der Waals surface area contributed by atoms with Gasteiger partial charge in [-0.25, -0.2) is 22.6 Å². The molecule has 3 N–H and O–H groups in total. The smallest absolute Gasteiger partial charge is 0.421 e. The summed E-state index contributed by atoms with van der Waals surface area (Å²) in [5, 5.41) is 8.32. The molecule has 0 unspecified atom stereocenters. The summed E-state index contributed by atoms with van der Waals surface area (Å²) in [6.07, 6.45) is -2.97. The number of hydrogen-bond donors (Lipinski definition) is 3. The second-order valence-electron chi connectivity index (χ2n) is 22.8. The van der Waals surface area contributed by atoms with Crippen LogP contribution in [0, 0.1) is 5.82 Å². The Morgan fingerprint density at radius 2 is 1.57 bits per heavy atom. The van der Waals surface area contributed by atoms with Crippen molar-refractivity contribution >= 4 is 56.6 Å². The van der Waals surface area contributed by atoms with Gasteiger partial charge in [0.2, 0.25) is 17.8 Å². The van der Waals surface area contributed by atoms with Crippen LogP contribution in [-0.2, 0) is 64.7 Å². The maximum atomic E-state index is 14.5. The van der Waals surface area contributed by atoms with E-state index in [0.29, 0.717) is 75.5 Å². The fourth-order valence-electron chi connectivity index (χ4n) is 10.2. The van der Waals surface area contributed by atoms with Gasteiger partial charge in [0, 0.05) is 108 Å². The summed E-state index contributed by atoms with van der Waals surface area (Å²) < 4.78 is 96.8. The van der Waals surface area contributed by atoms with Gasteiger partial charge in [0.15, 0.2) is 9.84 Å². The van der Waals surface area contributed by atoms with Crippen LogP contribution in [0.15, 0.2) is 90.0 Å². The Hall–Kier alpha value is -6.83. The van der Waals surface area contributed by atoms with Gasteiger partial charge >= 0.3 is 12.3 Å². The van der Waals surface area contributed by atoms with Crippen molar-refractivity contribution in [3.63, 3.8) is 0 Å². The molecule has 3 aliphatic rings. The summed E-state index contributed by atoms with van der Waals surface area (Å²) in [5.74, 6) is -1.40. The molecule has 3 amide bonds. The third-order valence-corrected chi connectivity index (χ3v) is 15.6. The van der Waals surface area contributed by atoms with E-state index in [0.717, 1.165) is 60.6 Å². The number of nitrogens with one attached hydrogen (secondary N) is 3. The van der Waals surface area contributed by atoms with Crippen LogP contribution < -0.4 is 20.9 Å². The number of aromatic nitrogens is 3. The summed E-state index contributed by atoms with van der Waals surface area (Å²) in [5.41, 5.74) is 3.51. The number of carbonyl (C=O) groups is 3. The van der Waals surface area contributed by atoms with Crippen molar-refractivity contribution in [2.24, 2.45) is 0 Å². The van der Waals surface area contributed by atoms with Crippen LogP contribution >= 0.6 is 0 Å². The first-order valence-electron chi connectivity index (χ1n) is 27.2. The van der Waals surface area contributed by atoms with Gasteiger partial charge in [0.1, 0.15) is 29.4 Å². The third kappa shape index (κ3) is 16.2. The summed E-state index contributed by atoms with van der Waals surface area (Å²) in [6, 6.07) is 20.4. The van der Waals surface area contributed by atoms with E-state index in [1.807, 2.05) is 32.6 Å². The van der Waals surface area contributed by atoms with E-state index >= 15 is 0 Å². The molecule has 19 nitrogen and oxygen atoms in total. The molecule has 0 bridgehead atoms. The monoisotopic (exact) mass is 1160 g/mol. The molecule has 0 spiro atoms. The lowest BCUT2D eigenvalue weighted by atomic mass is 9.90. The molecule has 0 saturated carbocycles. The Bertz CT molecular complexity index is 3180. The SMILES string of the molecule is COC[C@H]1CN(C(=O)OC(C)(C)C)[C@H](C)CN1CC(=O)N1CC(C)(C)c2nc(CN3CCN(CCOCC(=O)Nc4ccc(Nc5ncc(C(F)(F)F)c(NCc6cccc(S(C)(=O)=O)c6)n5)cc4)CC3)c(Cc3ccc(F)cc3)cc21. The quantitative estimate of drug-likeness (QED) is 0.0504. The largest absolute Gasteiger partial charge is 0.444 e. The number of amides is 3. The lowest BCUT2D eigenvalue weighted by Gasteiger charge is -2.45. The van der Waals surface area contributed by atoms with Crippen molar-refractivity contribution < 1.29 is 54.6 Å². The number of pyridine rings is 1. The minimum atomic E-state index is -4.77. The van der Waals surface area contributed by atoms with Crippen LogP contribution in [0.4, 0.5) is 51.2 Å². The number of fused-ring (bicyclic) bond motifs is 1. The van der Waals surface area contributed by atoms with Crippen LogP contribution in [0.5, 0.6) is 0 Å². The van der Waals surface area contributed by atoms with E-state index in [-0.39, 0.29) is 60.3 Å². The molecule has 3 aromatic carbocycles. The van der Waals surface area contributed by atoms with Crippen molar-refractivity contribution in [3.8, 4) is 0 Å². The summed E-state index contributed by atoms with van der Waals surface area (Å²) in [6.45, 7) is 17.6. The molecular formula is C58H73F4N11O8S. The normalized spacial score (nSPS) is 18.0. The molecule has 3 aliphatic heterocycles. The number of carbonyl (C=O) groups excluding carboxylic acids is 3. The molecule has 0 aliphatic carbocycles. The predicted octanol–water partition coefficient (Wildman–Crippen LogP) is 7.73. The minimum Gasteiger partial charge on any atom is -0.444 e. The number of sulfone groups is 1. The van der Waals surface area contributed by atoms with Gasteiger partial charge in [-0.15, -0.1) is 0 Å². The zero-order chi connectivity index (χ0) is 59.1. The van der Waals surface area contributed by atoms with E-state index in [2.05, 4.69) is 60.5 Å². The van der Waals surface area contributed by atoms with Crippen LogP contribution in [0.1, 0.15) is 75.2 Å². The number of anilines is 5. The topological polar surface area (TPSA) is 204 Å². The van der Waals surface area contributed by atoms with E-state index in [9.17, 15) is 40.4 Å². The van der Waals surface area contributed by atoms with Crippen LogP contribution in [0.25, 0.3) is 0 Å². The van der Waals surface area contributed by atoms with Gasteiger partial charge < -0.3 is 40.0 Å². The van der Waals surface area contributed by atoms with Crippen LogP contribution in [0.3, 0.4) is 0 Å². The fourth-order valence-corrected chi connectivity index (χ4v) is 10.9. The average Bonchev–Trinajstić information content (AvgIpc) is 3.73. The van der Waals surface area contributed by atoms with Crippen molar-refractivity contribution in [2.75, 3.05) is 113 Å². The number of halogens is 4. The van der Waals surface area contributed by atoms with Gasteiger partial charge in [-0.1, -0.05) is 38.1 Å². The van der Waals surface area contributed by atoms with Crippen LogP contribution in [0.2, 0.25) is 0 Å². The fraction of sp³-hybridized carbons (Fsp3) is 0.483. The van der Waals surface area contributed by atoms with Gasteiger partial charge in [-0.3, -0.25) is 29.3 Å². The van der Waals surface area contributed by atoms with Crippen LogP contribution in [-0.4, -0.2) is 171 Å². The van der Waals surface area contributed by atoms with E-state index in [1.165, 1.54) is 30.3 Å². The Balaban J connectivity index is 0.825. The Kier molecular flexibility index (Phi) is 19.2. The summed E-state index contributed by atoms with van der Waals surface area (Å²) in [4.78, 5) is 64.1. The zero-order valence-electron chi connectivity index (χ0n) is 47.6. The van der Waals surface area contributed by atoms with E-state index in [1.54, 1.807) is 54.5 Å². The number of hydrogen-bond acceptors (Lipinski definition) is 16. The Morgan fingerprint density at radius 1 is 0.878 bits per heavy atom. The number of methoxy groups -OCH3 is 1. The molecule has 0 radical (unpaired) electrons. The maximum Gasteiger partial charge on any atom is 0.421 e. The third-order valence-electron chi connectivity index (χ3n) is 14.5. The zero-order valence-corrected chi connectivity index (χ0v) is 48.4. The van der Waals surface area contributed by atoms with Gasteiger partial charge in [-0.2, -0.15) is 18.2 Å². The number of piperazine rings is 2. The molecule has 82 heavy (non-hydrogen) atoms. The summed E-state index contributed by atoms with van der Waals surface area (Å²) in [7, 11) is -1.92. The predicted molar refractivity (Wildman–Crippen MR) is 303 cm³/mol. The van der Waals surface area contributed by atoms with Gasteiger partial charge in [0.05, 0.1) is 47.8 Å². The Labute approximate surface area is 476 Å². The first-order chi connectivity index (χ1) is 38.7. The average molecular weight is 1160 g/mol. The molecule has 8 rings (SSSR count). The highest BCUT2D eigenvalue weighted by Gasteiger charge is 2.43. The highest BCUT2D eigenvalue weighted by atomic mass is 32.2. The maximum absolute atomic E-state index is 14.5. The first-order valence-corrected chi connectivity index (χ1v) is 29.1. The number of benzene rings is 3. The summed E-state index contributed by atoms with van der Waals surface area (Å²) >= 11 is 0. The standard InChI is InChI=1S/C58H73F4N11O8S/c1-38-31-71(45(35-79-7)32-72(38)55(76)81-56(2,3)4)34-51(75)73-37-57(5,6)52-49(73)28-41(26-39-12-14-42(59)15-13-39)48(67-52)33-70-22-20-69(21-23-70)24-25-80-36-50(74)65-43-16-18-44(19-17-43)66-54-64-30-47(58(60,61)62)53(68-54)63-29-40-10-9-11-46(27-40)82(8,77)78/h9-19,27-28,30,38,45H,20-26,29,31-37H2,1-8H3,(H,65,74)(H2,63,64,66,68)/t38-,45-/m1/s1. The highest BCUT2D eigenvalue weighted by molar-refractivity contribution is 7.90. The van der Waals surface area contributed by atoms with Crippen molar-refractivity contribution in [2.45, 2.75) is 95.2 Å². The number of ether oxygens (including phenoxy) is 3. The van der Waals surface area contributed by atoms with E-state index < -0.39 is 44.5 Å².